The van der Waals surface area contributed by atoms with Gasteiger partial charge in [0.15, 0.2) is 0 Å². The zero-order valence-electron chi connectivity index (χ0n) is 11.8. The molecule has 1 heterocycles. The van der Waals surface area contributed by atoms with Crippen molar-refractivity contribution >= 4 is 5.91 Å². The number of rotatable bonds is 6. The molecule has 0 saturated heterocycles. The lowest BCUT2D eigenvalue weighted by atomic mass is 10.1. The van der Waals surface area contributed by atoms with Gasteiger partial charge in [0.05, 0.1) is 0 Å². The molecule has 0 saturated carbocycles. The molecule has 1 unspecified atom stereocenters. The highest BCUT2D eigenvalue weighted by molar-refractivity contribution is 5.94. The molecule has 5 nitrogen and oxygen atoms in total. The predicted molar refractivity (Wildman–Crippen MR) is 76.8 cm³/mol. The Kier molecular flexibility index (Phi) is 5.05. The summed E-state index contributed by atoms with van der Waals surface area (Å²) in [4.78, 5) is 12.1. The number of aromatic nitrogens is 2. The van der Waals surface area contributed by atoms with Gasteiger partial charge in [-0.25, -0.2) is 9.07 Å². The second-order valence-corrected chi connectivity index (χ2v) is 4.71. The summed E-state index contributed by atoms with van der Waals surface area (Å²) in [7, 11) is 0. The lowest BCUT2D eigenvalue weighted by Crippen LogP contribution is -2.35. The minimum atomic E-state index is -0.512. The van der Waals surface area contributed by atoms with Crippen LogP contribution in [0.25, 0.3) is 5.69 Å². The number of hydrogen-bond donors (Lipinski definition) is 2. The van der Waals surface area contributed by atoms with Crippen LogP contribution < -0.4 is 5.32 Å². The number of aliphatic hydroxyl groups is 1. The second kappa shape index (κ2) is 6.99. The molecule has 2 rings (SSSR count). The fourth-order valence-electron chi connectivity index (χ4n) is 2.05. The van der Waals surface area contributed by atoms with Crippen molar-refractivity contribution in [1.29, 1.82) is 0 Å². The van der Waals surface area contributed by atoms with Crippen LogP contribution in [-0.4, -0.2) is 33.4 Å². The average molecular weight is 291 g/mol. The molecule has 112 valence electrons. The van der Waals surface area contributed by atoms with Crippen LogP contribution in [0.5, 0.6) is 0 Å². The monoisotopic (exact) mass is 291 g/mol. The van der Waals surface area contributed by atoms with Gasteiger partial charge in [0.2, 0.25) is 0 Å². The average Bonchev–Trinajstić information content (AvgIpc) is 3.00. The lowest BCUT2D eigenvalue weighted by molar-refractivity contribution is 0.0928. The highest BCUT2D eigenvalue weighted by Crippen LogP contribution is 2.14. The van der Waals surface area contributed by atoms with Gasteiger partial charge in [-0.3, -0.25) is 4.79 Å². The van der Waals surface area contributed by atoms with Crippen LogP contribution in [0.4, 0.5) is 4.39 Å². The smallest absolute Gasteiger partial charge is 0.251 e. The van der Waals surface area contributed by atoms with E-state index in [4.69, 9.17) is 5.11 Å². The molecular weight excluding hydrogens is 273 g/mol. The van der Waals surface area contributed by atoms with Crippen molar-refractivity contribution in [1.82, 2.24) is 15.1 Å². The zero-order valence-corrected chi connectivity index (χ0v) is 11.8. The van der Waals surface area contributed by atoms with Crippen molar-refractivity contribution in [2.45, 2.75) is 25.8 Å². The van der Waals surface area contributed by atoms with Gasteiger partial charge in [-0.15, -0.1) is 0 Å². The van der Waals surface area contributed by atoms with Crippen LogP contribution >= 0.6 is 0 Å². The number of benzene rings is 1. The van der Waals surface area contributed by atoms with Crippen LogP contribution in [0.1, 0.15) is 30.1 Å². The first-order valence-corrected chi connectivity index (χ1v) is 6.87. The molecule has 0 bridgehead atoms. The number of nitrogens with one attached hydrogen (secondary N) is 1. The molecule has 6 heteroatoms. The zero-order chi connectivity index (χ0) is 15.2. The normalized spacial score (nSPS) is 12.1. The van der Waals surface area contributed by atoms with Gasteiger partial charge < -0.3 is 10.4 Å². The number of aliphatic hydroxyl groups excluding tert-OH is 1. The Morgan fingerprint density at radius 3 is 2.90 bits per heavy atom. The first-order valence-electron chi connectivity index (χ1n) is 6.87. The largest absolute Gasteiger partial charge is 0.396 e. The maximum absolute atomic E-state index is 14.1. The third-order valence-corrected chi connectivity index (χ3v) is 3.27. The van der Waals surface area contributed by atoms with E-state index in [-0.39, 0.29) is 24.1 Å². The van der Waals surface area contributed by atoms with Crippen LogP contribution in [0.3, 0.4) is 0 Å². The summed E-state index contributed by atoms with van der Waals surface area (Å²) in [6, 6.07) is 5.85. The Bertz CT molecular complexity index is 599. The molecular formula is C15H18FN3O2. The fourth-order valence-corrected chi connectivity index (χ4v) is 2.05. The number of carbonyl (C=O) groups is 1. The van der Waals surface area contributed by atoms with Gasteiger partial charge in [0.1, 0.15) is 11.5 Å². The SMILES string of the molecule is CCC(CCO)NC(=O)c1ccc(-n2cccn2)c(F)c1. The van der Waals surface area contributed by atoms with Crippen molar-refractivity contribution in [2.75, 3.05) is 6.61 Å². The Balaban J connectivity index is 2.14. The number of amides is 1. The van der Waals surface area contributed by atoms with Gasteiger partial charge in [-0.2, -0.15) is 5.10 Å². The van der Waals surface area contributed by atoms with Crippen molar-refractivity contribution in [3.05, 3.63) is 48.0 Å². The van der Waals surface area contributed by atoms with Gasteiger partial charge in [-0.05, 0) is 37.1 Å². The van der Waals surface area contributed by atoms with E-state index < -0.39 is 5.82 Å². The number of nitrogens with zero attached hydrogens (tertiary/aromatic N) is 2. The molecule has 1 aromatic heterocycles. The summed E-state index contributed by atoms with van der Waals surface area (Å²) in [5, 5.41) is 15.6. The molecule has 1 amide bonds. The molecule has 0 aliphatic carbocycles. The quantitative estimate of drug-likeness (QED) is 0.854. The van der Waals surface area contributed by atoms with Crippen LogP contribution in [0.15, 0.2) is 36.7 Å². The van der Waals surface area contributed by atoms with E-state index in [1.165, 1.54) is 16.8 Å². The minimum absolute atomic E-state index is 0.00534. The second-order valence-electron chi connectivity index (χ2n) is 4.71. The highest BCUT2D eigenvalue weighted by Gasteiger charge is 2.14. The van der Waals surface area contributed by atoms with Gasteiger partial charge in [0, 0.05) is 30.6 Å². The molecule has 1 atom stereocenters. The predicted octanol–water partition coefficient (Wildman–Crippen LogP) is 1.90. The fraction of sp³-hybridized carbons (Fsp3) is 0.333. The molecule has 0 aliphatic heterocycles. The molecule has 2 aromatic rings. The number of carbonyl (C=O) groups excluding carboxylic acids is 1. The molecule has 0 aliphatic rings. The van der Waals surface area contributed by atoms with E-state index in [1.54, 1.807) is 24.5 Å². The third-order valence-electron chi connectivity index (χ3n) is 3.27. The van der Waals surface area contributed by atoms with E-state index in [2.05, 4.69) is 10.4 Å². The maximum atomic E-state index is 14.1. The molecule has 0 fully saturated rings. The Labute approximate surface area is 122 Å². The molecule has 2 N–H and O–H groups in total. The third kappa shape index (κ3) is 3.66. The Morgan fingerprint density at radius 2 is 2.33 bits per heavy atom. The van der Waals surface area contributed by atoms with Crippen molar-refractivity contribution in [3.63, 3.8) is 0 Å². The van der Waals surface area contributed by atoms with Crippen LogP contribution in [-0.2, 0) is 0 Å². The Hall–Kier alpha value is -2.21. The molecule has 0 spiro atoms. The van der Waals surface area contributed by atoms with Gasteiger partial charge >= 0.3 is 0 Å². The van der Waals surface area contributed by atoms with Gasteiger partial charge in [0.25, 0.3) is 5.91 Å². The summed E-state index contributed by atoms with van der Waals surface area (Å²) in [6.45, 7) is 1.92. The maximum Gasteiger partial charge on any atom is 0.251 e. The van der Waals surface area contributed by atoms with Crippen LogP contribution in [0, 0.1) is 5.82 Å². The highest BCUT2D eigenvalue weighted by atomic mass is 19.1. The van der Waals surface area contributed by atoms with E-state index in [9.17, 15) is 9.18 Å². The summed E-state index contributed by atoms with van der Waals surface area (Å²) < 4.78 is 15.5. The number of halogens is 1. The minimum Gasteiger partial charge on any atom is -0.396 e. The summed E-state index contributed by atoms with van der Waals surface area (Å²) in [6.07, 6.45) is 4.38. The van der Waals surface area contributed by atoms with Crippen molar-refractivity contribution < 1.29 is 14.3 Å². The van der Waals surface area contributed by atoms with E-state index >= 15 is 0 Å². The van der Waals surface area contributed by atoms with E-state index in [0.29, 0.717) is 18.5 Å². The van der Waals surface area contributed by atoms with Gasteiger partial charge in [-0.1, -0.05) is 6.92 Å². The number of hydrogen-bond acceptors (Lipinski definition) is 3. The molecule has 1 aromatic carbocycles. The van der Waals surface area contributed by atoms with Crippen LogP contribution in [0.2, 0.25) is 0 Å². The van der Waals surface area contributed by atoms with Crippen molar-refractivity contribution in [2.24, 2.45) is 0 Å². The van der Waals surface area contributed by atoms with Crippen molar-refractivity contribution in [3.8, 4) is 5.69 Å². The first kappa shape index (κ1) is 15.2. The lowest BCUT2D eigenvalue weighted by Gasteiger charge is -2.16. The van der Waals surface area contributed by atoms with E-state index in [0.717, 1.165) is 0 Å². The summed E-state index contributed by atoms with van der Waals surface area (Å²) >= 11 is 0. The summed E-state index contributed by atoms with van der Waals surface area (Å²) in [5.74, 6) is -0.859. The molecule has 0 radical (unpaired) electrons. The van der Waals surface area contributed by atoms with E-state index in [1.807, 2.05) is 6.92 Å². The topological polar surface area (TPSA) is 67.2 Å². The summed E-state index contributed by atoms with van der Waals surface area (Å²) in [5.41, 5.74) is 0.541. The molecule has 21 heavy (non-hydrogen) atoms. The standard InChI is InChI=1S/C15H18FN3O2/c1-2-12(6-9-20)18-15(21)11-4-5-14(13(16)10-11)19-8-3-7-17-19/h3-5,7-8,10,12,20H,2,6,9H2,1H3,(H,18,21). The Morgan fingerprint density at radius 1 is 1.52 bits per heavy atom. The first-order chi connectivity index (χ1) is 10.2.